The van der Waals surface area contributed by atoms with E-state index in [1.165, 1.54) is 5.56 Å². The largest absolute Gasteiger partial charge is 0.507 e. The van der Waals surface area contributed by atoms with Crippen LogP contribution in [0, 0.1) is 13.8 Å². The van der Waals surface area contributed by atoms with Crippen LogP contribution in [0.15, 0.2) is 12.1 Å². The van der Waals surface area contributed by atoms with Gasteiger partial charge in [0.1, 0.15) is 5.75 Å². The standard InChI is InChI=1S/C13H19NO2.ClH/c1-10-7-12(8-11(2)13(10)15)9-14-3-5-16-6-4-14;/h7-8,15H,3-6,9H2,1-2H3;1H. The number of morpholine rings is 1. The lowest BCUT2D eigenvalue weighted by molar-refractivity contribution is 0.0342. The Balaban J connectivity index is 0.00000144. The van der Waals surface area contributed by atoms with E-state index >= 15 is 0 Å². The quantitative estimate of drug-likeness (QED) is 0.882. The van der Waals surface area contributed by atoms with Crippen molar-refractivity contribution >= 4 is 12.4 Å². The van der Waals surface area contributed by atoms with Gasteiger partial charge in [-0.25, -0.2) is 0 Å². The highest BCUT2D eigenvalue weighted by Crippen LogP contribution is 2.23. The minimum atomic E-state index is 0. The first-order valence-corrected chi connectivity index (χ1v) is 5.76. The zero-order valence-corrected chi connectivity index (χ0v) is 11.2. The zero-order valence-electron chi connectivity index (χ0n) is 10.4. The Kier molecular flexibility index (Phi) is 5.25. The summed E-state index contributed by atoms with van der Waals surface area (Å²) in [5.41, 5.74) is 3.20. The second-order valence-corrected chi connectivity index (χ2v) is 4.47. The fourth-order valence-corrected chi connectivity index (χ4v) is 2.15. The van der Waals surface area contributed by atoms with Crippen LogP contribution in [0.4, 0.5) is 0 Å². The number of aromatic hydroxyl groups is 1. The predicted octanol–water partition coefficient (Wildman–Crippen LogP) is 2.26. The molecule has 1 N–H and O–H groups in total. The van der Waals surface area contributed by atoms with Gasteiger partial charge in [0.15, 0.2) is 0 Å². The van der Waals surface area contributed by atoms with Crippen LogP contribution in [-0.2, 0) is 11.3 Å². The van der Waals surface area contributed by atoms with E-state index < -0.39 is 0 Å². The molecule has 1 aromatic rings. The number of phenolic OH excluding ortho intramolecular Hbond substituents is 1. The van der Waals surface area contributed by atoms with Crippen LogP contribution in [0.3, 0.4) is 0 Å². The Labute approximate surface area is 109 Å². The SMILES string of the molecule is Cc1cc(CN2CCOCC2)cc(C)c1O.Cl. The van der Waals surface area contributed by atoms with Crippen molar-refractivity contribution in [2.24, 2.45) is 0 Å². The summed E-state index contributed by atoms with van der Waals surface area (Å²) in [7, 11) is 0. The normalized spacial score (nSPS) is 16.6. The third-order valence-electron chi connectivity index (χ3n) is 3.06. The van der Waals surface area contributed by atoms with Gasteiger partial charge in [-0.15, -0.1) is 12.4 Å². The molecule has 3 nitrogen and oxygen atoms in total. The lowest BCUT2D eigenvalue weighted by Gasteiger charge is -2.26. The lowest BCUT2D eigenvalue weighted by atomic mass is 10.1. The molecule has 1 aromatic carbocycles. The summed E-state index contributed by atoms with van der Waals surface area (Å²) in [4.78, 5) is 2.38. The van der Waals surface area contributed by atoms with Crippen molar-refractivity contribution in [2.75, 3.05) is 26.3 Å². The van der Waals surface area contributed by atoms with Crippen molar-refractivity contribution in [1.82, 2.24) is 4.90 Å². The molecule has 0 radical (unpaired) electrons. The van der Waals surface area contributed by atoms with Crippen LogP contribution >= 0.6 is 12.4 Å². The van der Waals surface area contributed by atoms with Gasteiger partial charge in [0.2, 0.25) is 0 Å². The Morgan fingerprint density at radius 2 is 1.71 bits per heavy atom. The van der Waals surface area contributed by atoms with E-state index in [9.17, 15) is 5.11 Å². The van der Waals surface area contributed by atoms with Gasteiger partial charge in [-0.3, -0.25) is 4.90 Å². The molecule has 0 aromatic heterocycles. The molecule has 1 aliphatic rings. The Hall–Kier alpha value is -0.770. The molecule has 0 atom stereocenters. The molecule has 96 valence electrons. The number of halogens is 1. The molecule has 0 aliphatic carbocycles. The Morgan fingerprint density at radius 1 is 1.18 bits per heavy atom. The van der Waals surface area contributed by atoms with E-state index in [1.54, 1.807) is 0 Å². The van der Waals surface area contributed by atoms with E-state index in [2.05, 4.69) is 17.0 Å². The van der Waals surface area contributed by atoms with Crippen molar-refractivity contribution in [1.29, 1.82) is 0 Å². The number of phenols is 1. The van der Waals surface area contributed by atoms with E-state index in [1.807, 2.05) is 13.8 Å². The van der Waals surface area contributed by atoms with Crippen molar-refractivity contribution in [3.05, 3.63) is 28.8 Å². The molecule has 17 heavy (non-hydrogen) atoms. The highest BCUT2D eigenvalue weighted by atomic mass is 35.5. The third kappa shape index (κ3) is 3.60. The summed E-state index contributed by atoms with van der Waals surface area (Å²) in [6.07, 6.45) is 0. The molecule has 1 aliphatic heterocycles. The summed E-state index contributed by atoms with van der Waals surface area (Å²) in [6, 6.07) is 4.13. The summed E-state index contributed by atoms with van der Waals surface area (Å²) in [5, 5.41) is 9.70. The second-order valence-electron chi connectivity index (χ2n) is 4.47. The average Bonchev–Trinajstić information content (AvgIpc) is 2.27. The Bertz CT molecular complexity index is 353. The maximum absolute atomic E-state index is 9.70. The average molecular weight is 258 g/mol. The molecule has 0 unspecified atom stereocenters. The maximum Gasteiger partial charge on any atom is 0.121 e. The first kappa shape index (κ1) is 14.3. The monoisotopic (exact) mass is 257 g/mol. The smallest absolute Gasteiger partial charge is 0.121 e. The highest BCUT2D eigenvalue weighted by Gasteiger charge is 2.11. The molecule has 0 bridgehead atoms. The van der Waals surface area contributed by atoms with Gasteiger partial charge in [0.25, 0.3) is 0 Å². The van der Waals surface area contributed by atoms with Crippen LogP contribution in [0.5, 0.6) is 5.75 Å². The molecule has 4 heteroatoms. The summed E-state index contributed by atoms with van der Waals surface area (Å²) >= 11 is 0. The number of hydrogen-bond donors (Lipinski definition) is 1. The van der Waals surface area contributed by atoms with Crippen molar-refractivity contribution in [3.63, 3.8) is 0 Å². The molecule has 0 saturated carbocycles. The van der Waals surface area contributed by atoms with E-state index in [-0.39, 0.29) is 12.4 Å². The number of benzene rings is 1. The van der Waals surface area contributed by atoms with E-state index in [0.29, 0.717) is 5.75 Å². The topological polar surface area (TPSA) is 32.7 Å². The molecule has 0 amide bonds. The van der Waals surface area contributed by atoms with Crippen molar-refractivity contribution in [3.8, 4) is 5.75 Å². The fraction of sp³-hybridized carbons (Fsp3) is 0.538. The Morgan fingerprint density at radius 3 is 2.24 bits per heavy atom. The fourth-order valence-electron chi connectivity index (χ4n) is 2.15. The van der Waals surface area contributed by atoms with E-state index in [0.717, 1.165) is 44.0 Å². The van der Waals surface area contributed by atoms with Gasteiger partial charge in [-0.05, 0) is 30.5 Å². The van der Waals surface area contributed by atoms with Crippen LogP contribution < -0.4 is 0 Å². The molecule has 1 saturated heterocycles. The van der Waals surface area contributed by atoms with Gasteiger partial charge in [0.05, 0.1) is 13.2 Å². The number of aryl methyl sites for hydroxylation is 2. The molecule has 1 heterocycles. The van der Waals surface area contributed by atoms with Gasteiger partial charge >= 0.3 is 0 Å². The molecular formula is C13H20ClNO2. The summed E-state index contributed by atoms with van der Waals surface area (Å²) in [5.74, 6) is 0.422. The lowest BCUT2D eigenvalue weighted by Crippen LogP contribution is -2.35. The number of hydrogen-bond acceptors (Lipinski definition) is 3. The second kappa shape index (κ2) is 6.24. The number of ether oxygens (including phenoxy) is 1. The van der Waals surface area contributed by atoms with Gasteiger partial charge in [0, 0.05) is 19.6 Å². The molecule has 2 rings (SSSR count). The van der Waals surface area contributed by atoms with Gasteiger partial charge in [-0.1, -0.05) is 12.1 Å². The maximum atomic E-state index is 9.70. The van der Waals surface area contributed by atoms with Crippen LogP contribution in [0.1, 0.15) is 16.7 Å². The molecule has 0 spiro atoms. The number of nitrogens with zero attached hydrogens (tertiary/aromatic N) is 1. The van der Waals surface area contributed by atoms with Crippen molar-refractivity contribution < 1.29 is 9.84 Å². The highest BCUT2D eigenvalue weighted by molar-refractivity contribution is 5.85. The predicted molar refractivity (Wildman–Crippen MR) is 70.9 cm³/mol. The zero-order chi connectivity index (χ0) is 11.5. The van der Waals surface area contributed by atoms with Crippen molar-refractivity contribution in [2.45, 2.75) is 20.4 Å². The minimum absolute atomic E-state index is 0. The third-order valence-corrected chi connectivity index (χ3v) is 3.06. The van der Waals surface area contributed by atoms with Crippen LogP contribution in [0.25, 0.3) is 0 Å². The van der Waals surface area contributed by atoms with Gasteiger partial charge < -0.3 is 9.84 Å². The minimum Gasteiger partial charge on any atom is -0.507 e. The first-order chi connectivity index (χ1) is 7.66. The molecule has 1 fully saturated rings. The van der Waals surface area contributed by atoms with Gasteiger partial charge in [-0.2, -0.15) is 0 Å². The first-order valence-electron chi connectivity index (χ1n) is 5.76. The van der Waals surface area contributed by atoms with E-state index in [4.69, 9.17) is 4.74 Å². The van der Waals surface area contributed by atoms with Crippen LogP contribution in [-0.4, -0.2) is 36.3 Å². The van der Waals surface area contributed by atoms with Crippen LogP contribution in [0.2, 0.25) is 0 Å². The summed E-state index contributed by atoms with van der Waals surface area (Å²) in [6.45, 7) is 8.51. The molecular weight excluding hydrogens is 238 g/mol. The summed E-state index contributed by atoms with van der Waals surface area (Å²) < 4.78 is 5.32. The number of rotatable bonds is 2.